The van der Waals surface area contributed by atoms with E-state index in [0.717, 1.165) is 5.56 Å². The fraction of sp³-hybridized carbons (Fsp3) is 0.190. The number of para-hydroxylation sites is 1. The molecule has 3 aromatic rings. The number of amides is 1. The van der Waals surface area contributed by atoms with Gasteiger partial charge in [-0.25, -0.2) is 0 Å². The van der Waals surface area contributed by atoms with E-state index in [1.165, 1.54) is 0 Å². The van der Waals surface area contributed by atoms with E-state index >= 15 is 0 Å². The first kappa shape index (κ1) is 21.0. The van der Waals surface area contributed by atoms with Crippen LogP contribution in [0.4, 0.5) is 0 Å². The van der Waals surface area contributed by atoms with Crippen LogP contribution in [0.15, 0.2) is 63.9 Å². The smallest absolute Gasteiger partial charge is 0.287 e. The average molecular weight is 434 g/mol. The van der Waals surface area contributed by atoms with Gasteiger partial charge >= 0.3 is 0 Å². The van der Waals surface area contributed by atoms with Crippen LogP contribution in [0.1, 0.15) is 21.9 Å². The summed E-state index contributed by atoms with van der Waals surface area (Å²) in [5.74, 6) is 1.46. The lowest BCUT2D eigenvalue weighted by Crippen LogP contribution is -2.22. The lowest BCUT2D eigenvalue weighted by Gasteiger charge is -2.12. The first-order valence-corrected chi connectivity index (χ1v) is 10.4. The van der Waals surface area contributed by atoms with Crippen molar-refractivity contribution in [3.05, 3.63) is 76.7 Å². The largest absolute Gasteiger partial charge is 0.493 e. The molecular formula is C21H20ClNO5S. The zero-order chi connectivity index (χ0) is 20.8. The summed E-state index contributed by atoms with van der Waals surface area (Å²) in [7, 11) is 1.72. The van der Waals surface area contributed by atoms with E-state index in [4.69, 9.17) is 25.5 Å². The summed E-state index contributed by atoms with van der Waals surface area (Å²) >= 11 is 6.08. The number of methoxy groups -OCH3 is 2. The fourth-order valence-electron chi connectivity index (χ4n) is 2.77. The van der Waals surface area contributed by atoms with E-state index in [2.05, 4.69) is 5.32 Å². The standard InChI is InChI=1S/C21H20ClNO5S/c1-26-17-8-5-6-14(20(17)27-2)12-23-21(24)18-11-10-15(28-18)13-29(25)19-9-4-3-7-16(19)22/h3-11H,12-13H2,1-2H3,(H,23,24)/t29-/m0/s1. The lowest BCUT2D eigenvalue weighted by atomic mass is 10.2. The Kier molecular flexibility index (Phi) is 6.95. The molecular weight excluding hydrogens is 414 g/mol. The van der Waals surface area contributed by atoms with Crippen molar-refractivity contribution < 1.29 is 22.9 Å². The van der Waals surface area contributed by atoms with Gasteiger partial charge in [-0.1, -0.05) is 35.9 Å². The molecule has 3 rings (SSSR count). The zero-order valence-corrected chi connectivity index (χ0v) is 17.5. The maximum atomic E-state index is 12.5. The minimum absolute atomic E-state index is 0.126. The van der Waals surface area contributed by atoms with Gasteiger partial charge in [0.05, 0.1) is 40.7 Å². The van der Waals surface area contributed by atoms with Gasteiger partial charge in [-0.2, -0.15) is 0 Å². The molecule has 0 bridgehead atoms. The summed E-state index contributed by atoms with van der Waals surface area (Å²) in [6, 6.07) is 15.6. The normalized spacial score (nSPS) is 11.7. The third kappa shape index (κ3) is 4.99. The minimum atomic E-state index is -1.38. The molecule has 1 aromatic heterocycles. The molecule has 0 spiro atoms. The first-order chi connectivity index (χ1) is 14.0. The Balaban J connectivity index is 1.64. The monoisotopic (exact) mass is 433 g/mol. The summed E-state index contributed by atoms with van der Waals surface area (Å²) in [4.78, 5) is 13.0. The van der Waals surface area contributed by atoms with Crippen molar-refractivity contribution in [3.63, 3.8) is 0 Å². The maximum absolute atomic E-state index is 12.5. The number of ether oxygens (including phenoxy) is 2. The summed E-state index contributed by atoms with van der Waals surface area (Å²) < 4.78 is 28.7. The highest BCUT2D eigenvalue weighted by Gasteiger charge is 2.16. The highest BCUT2D eigenvalue weighted by molar-refractivity contribution is 7.84. The average Bonchev–Trinajstić information content (AvgIpc) is 3.20. The number of furan rings is 1. The predicted molar refractivity (Wildman–Crippen MR) is 111 cm³/mol. The Morgan fingerprint density at radius 2 is 1.86 bits per heavy atom. The highest BCUT2D eigenvalue weighted by Crippen LogP contribution is 2.30. The Morgan fingerprint density at radius 3 is 2.59 bits per heavy atom. The number of nitrogens with one attached hydrogen (secondary N) is 1. The third-order valence-electron chi connectivity index (χ3n) is 4.16. The molecule has 152 valence electrons. The van der Waals surface area contributed by atoms with Crippen LogP contribution in [0.2, 0.25) is 5.02 Å². The molecule has 0 aliphatic carbocycles. The highest BCUT2D eigenvalue weighted by atomic mass is 35.5. The minimum Gasteiger partial charge on any atom is -0.493 e. The van der Waals surface area contributed by atoms with E-state index in [1.54, 1.807) is 56.7 Å². The number of benzene rings is 2. The van der Waals surface area contributed by atoms with Crippen molar-refractivity contribution in [1.82, 2.24) is 5.32 Å². The molecule has 2 aromatic carbocycles. The van der Waals surface area contributed by atoms with Crippen LogP contribution in [-0.2, 0) is 23.1 Å². The van der Waals surface area contributed by atoms with Crippen molar-refractivity contribution in [3.8, 4) is 11.5 Å². The molecule has 8 heteroatoms. The summed E-state index contributed by atoms with van der Waals surface area (Å²) in [5.41, 5.74) is 0.770. The van der Waals surface area contributed by atoms with Crippen molar-refractivity contribution in [2.75, 3.05) is 14.2 Å². The molecule has 0 fully saturated rings. The van der Waals surface area contributed by atoms with Crippen molar-refractivity contribution in [2.45, 2.75) is 17.2 Å². The van der Waals surface area contributed by atoms with Crippen molar-refractivity contribution >= 4 is 28.3 Å². The van der Waals surface area contributed by atoms with Crippen LogP contribution >= 0.6 is 11.6 Å². The number of rotatable bonds is 8. The Bertz CT molecular complexity index is 1030. The molecule has 29 heavy (non-hydrogen) atoms. The summed E-state index contributed by atoms with van der Waals surface area (Å²) in [6.45, 7) is 0.237. The topological polar surface area (TPSA) is 77.8 Å². The predicted octanol–water partition coefficient (Wildman–Crippen LogP) is 4.19. The van der Waals surface area contributed by atoms with Crippen LogP contribution in [0, 0.1) is 0 Å². The number of halogens is 1. The van der Waals surface area contributed by atoms with Gasteiger partial charge in [-0.15, -0.1) is 0 Å². The van der Waals surface area contributed by atoms with Crippen LogP contribution < -0.4 is 14.8 Å². The third-order valence-corrected chi connectivity index (χ3v) is 6.00. The number of hydrogen-bond donors (Lipinski definition) is 1. The molecule has 6 nitrogen and oxygen atoms in total. The van der Waals surface area contributed by atoms with E-state index in [1.807, 2.05) is 12.1 Å². The molecule has 1 heterocycles. The van der Waals surface area contributed by atoms with Gasteiger partial charge in [0.2, 0.25) is 0 Å². The number of carbonyl (C=O) groups excluding carboxylic acids is 1. The van der Waals surface area contributed by atoms with Gasteiger partial charge in [0.15, 0.2) is 17.3 Å². The molecule has 0 unspecified atom stereocenters. The van der Waals surface area contributed by atoms with E-state index < -0.39 is 10.8 Å². The Morgan fingerprint density at radius 1 is 1.07 bits per heavy atom. The Hall–Kier alpha value is -2.77. The van der Waals surface area contributed by atoms with Crippen LogP contribution in [0.25, 0.3) is 0 Å². The lowest BCUT2D eigenvalue weighted by molar-refractivity contribution is 0.0921. The molecule has 0 aliphatic rings. The summed E-state index contributed by atoms with van der Waals surface area (Å²) in [5, 5.41) is 3.22. The molecule has 0 saturated carbocycles. The second-order valence-corrected chi connectivity index (χ2v) is 7.85. The van der Waals surface area contributed by atoms with Crippen LogP contribution in [0.5, 0.6) is 11.5 Å². The molecule has 1 amide bonds. The number of hydrogen-bond acceptors (Lipinski definition) is 5. The molecule has 0 saturated heterocycles. The zero-order valence-electron chi connectivity index (χ0n) is 15.9. The maximum Gasteiger partial charge on any atom is 0.287 e. The SMILES string of the molecule is COc1cccc(CNC(=O)c2ccc(C[S@](=O)c3ccccc3Cl)o2)c1OC. The van der Waals surface area contributed by atoms with Crippen LogP contribution in [0.3, 0.4) is 0 Å². The second kappa shape index (κ2) is 9.62. The van der Waals surface area contributed by atoms with Gasteiger partial charge in [-0.05, 0) is 30.3 Å². The first-order valence-electron chi connectivity index (χ1n) is 8.73. The second-order valence-electron chi connectivity index (χ2n) is 6.02. The van der Waals surface area contributed by atoms with Gasteiger partial charge in [-0.3, -0.25) is 9.00 Å². The van der Waals surface area contributed by atoms with Crippen molar-refractivity contribution in [2.24, 2.45) is 0 Å². The Labute approximate surface area is 176 Å². The quantitative estimate of drug-likeness (QED) is 0.576. The van der Waals surface area contributed by atoms with Gasteiger partial charge in [0, 0.05) is 12.1 Å². The number of carbonyl (C=O) groups is 1. The van der Waals surface area contributed by atoms with Crippen LogP contribution in [-0.4, -0.2) is 24.3 Å². The van der Waals surface area contributed by atoms with Gasteiger partial charge in [0.25, 0.3) is 5.91 Å². The molecule has 1 atom stereocenters. The van der Waals surface area contributed by atoms with Crippen molar-refractivity contribution in [1.29, 1.82) is 0 Å². The van der Waals surface area contributed by atoms with Gasteiger partial charge in [0.1, 0.15) is 5.76 Å². The van der Waals surface area contributed by atoms with Gasteiger partial charge < -0.3 is 19.2 Å². The fourth-order valence-corrected chi connectivity index (χ4v) is 4.25. The summed E-state index contributed by atoms with van der Waals surface area (Å²) in [6.07, 6.45) is 0. The molecule has 1 N–H and O–H groups in total. The van der Waals surface area contributed by atoms with E-state index in [9.17, 15) is 9.00 Å². The molecule has 0 radical (unpaired) electrons. The van der Waals surface area contributed by atoms with E-state index in [0.29, 0.717) is 27.2 Å². The molecule has 0 aliphatic heterocycles. The van der Waals surface area contributed by atoms with E-state index in [-0.39, 0.29) is 24.0 Å².